The summed E-state index contributed by atoms with van der Waals surface area (Å²) in [5.41, 5.74) is 4.98. The lowest BCUT2D eigenvalue weighted by Crippen LogP contribution is -2.50. The van der Waals surface area contributed by atoms with Crippen molar-refractivity contribution in [2.75, 3.05) is 45.2 Å². The van der Waals surface area contributed by atoms with Crippen LogP contribution in [0.25, 0.3) is 5.69 Å². The molecule has 1 aromatic heterocycles. The number of carbonyl (C=O) groups excluding carboxylic acids is 2. The van der Waals surface area contributed by atoms with E-state index in [1.165, 1.54) is 0 Å². The summed E-state index contributed by atoms with van der Waals surface area (Å²) in [6, 6.07) is 15.4. The lowest BCUT2D eigenvalue weighted by atomic mass is 10.1. The smallest absolute Gasteiger partial charge is 0.254 e. The van der Waals surface area contributed by atoms with Crippen LogP contribution >= 0.6 is 0 Å². The maximum atomic E-state index is 12.9. The van der Waals surface area contributed by atoms with Gasteiger partial charge >= 0.3 is 0 Å². The van der Waals surface area contributed by atoms with Crippen molar-refractivity contribution in [3.8, 4) is 11.4 Å². The molecular formula is C26H31N5O3. The molecule has 0 saturated carbocycles. The molecule has 0 radical (unpaired) electrons. The Labute approximate surface area is 200 Å². The number of nitrogens with one attached hydrogen (secondary N) is 1. The molecule has 0 aliphatic carbocycles. The summed E-state index contributed by atoms with van der Waals surface area (Å²) in [6.07, 6.45) is 0. The third-order valence-corrected chi connectivity index (χ3v) is 6.24. The lowest BCUT2D eigenvalue weighted by Gasteiger charge is -2.34. The Balaban J connectivity index is 1.33. The first-order valence-electron chi connectivity index (χ1n) is 11.4. The second-order valence-electron chi connectivity index (χ2n) is 8.59. The summed E-state index contributed by atoms with van der Waals surface area (Å²) in [5.74, 6) is 0.617. The molecule has 0 spiro atoms. The topological polar surface area (TPSA) is 79.7 Å². The highest BCUT2D eigenvalue weighted by atomic mass is 16.5. The predicted molar refractivity (Wildman–Crippen MR) is 132 cm³/mol. The Bertz CT molecular complexity index is 1180. The van der Waals surface area contributed by atoms with Crippen LogP contribution in [-0.2, 0) is 4.79 Å². The lowest BCUT2D eigenvalue weighted by molar-refractivity contribution is -0.117. The molecule has 0 bridgehead atoms. The van der Waals surface area contributed by atoms with Crippen molar-refractivity contribution >= 4 is 17.5 Å². The molecule has 8 nitrogen and oxygen atoms in total. The maximum Gasteiger partial charge on any atom is 0.254 e. The molecule has 8 heteroatoms. The number of methoxy groups -OCH3 is 1. The molecule has 4 rings (SSSR count). The molecule has 2 heterocycles. The van der Waals surface area contributed by atoms with Gasteiger partial charge < -0.3 is 15.0 Å². The zero-order valence-electron chi connectivity index (χ0n) is 20.2. The number of hydrogen-bond donors (Lipinski definition) is 1. The maximum absolute atomic E-state index is 12.9. The van der Waals surface area contributed by atoms with Crippen molar-refractivity contribution in [2.45, 2.75) is 20.8 Å². The first-order chi connectivity index (χ1) is 16.4. The van der Waals surface area contributed by atoms with E-state index in [0.29, 0.717) is 37.5 Å². The van der Waals surface area contributed by atoms with Crippen LogP contribution in [0.5, 0.6) is 5.75 Å². The molecule has 0 atom stereocenters. The Morgan fingerprint density at radius 3 is 2.38 bits per heavy atom. The fourth-order valence-corrected chi connectivity index (χ4v) is 4.27. The number of carbonyl (C=O) groups is 2. The summed E-state index contributed by atoms with van der Waals surface area (Å²) < 4.78 is 7.19. The van der Waals surface area contributed by atoms with E-state index in [4.69, 9.17) is 4.74 Å². The van der Waals surface area contributed by atoms with Gasteiger partial charge in [-0.1, -0.05) is 24.3 Å². The summed E-state index contributed by atoms with van der Waals surface area (Å²) >= 11 is 0. The van der Waals surface area contributed by atoms with Crippen LogP contribution in [0.4, 0.5) is 5.69 Å². The first kappa shape index (κ1) is 23.5. The SMILES string of the molecule is COc1cc(C(=O)N2CCN(CC(=O)Nc3c(C)nn(-c4ccccc4)c3C)CC2)ccc1C. The van der Waals surface area contributed by atoms with Crippen LogP contribution in [0.15, 0.2) is 48.5 Å². The highest BCUT2D eigenvalue weighted by molar-refractivity contribution is 5.95. The first-order valence-corrected chi connectivity index (χ1v) is 11.4. The number of piperazine rings is 1. The third kappa shape index (κ3) is 4.97. The quantitative estimate of drug-likeness (QED) is 0.610. The van der Waals surface area contributed by atoms with Crippen LogP contribution in [0.1, 0.15) is 27.3 Å². The number of ether oxygens (including phenoxy) is 1. The van der Waals surface area contributed by atoms with Crippen molar-refractivity contribution in [2.24, 2.45) is 0 Å². The molecule has 2 aromatic carbocycles. The number of benzene rings is 2. The van der Waals surface area contributed by atoms with Gasteiger partial charge in [0.15, 0.2) is 0 Å². The number of amides is 2. The highest BCUT2D eigenvalue weighted by Crippen LogP contribution is 2.23. The minimum atomic E-state index is -0.0816. The zero-order valence-corrected chi connectivity index (χ0v) is 20.2. The Morgan fingerprint density at radius 1 is 1.00 bits per heavy atom. The van der Waals surface area contributed by atoms with Gasteiger partial charge in [-0.3, -0.25) is 14.5 Å². The minimum Gasteiger partial charge on any atom is -0.496 e. The van der Waals surface area contributed by atoms with E-state index < -0.39 is 0 Å². The van der Waals surface area contributed by atoms with Crippen molar-refractivity contribution in [3.05, 3.63) is 71.0 Å². The number of para-hydroxylation sites is 1. The normalized spacial score (nSPS) is 14.2. The van der Waals surface area contributed by atoms with Crippen molar-refractivity contribution in [3.63, 3.8) is 0 Å². The van der Waals surface area contributed by atoms with Gasteiger partial charge in [0.1, 0.15) is 5.75 Å². The van der Waals surface area contributed by atoms with E-state index in [1.807, 2.05) is 72.8 Å². The Kier molecular flexibility index (Phi) is 6.98. The van der Waals surface area contributed by atoms with E-state index in [0.717, 1.165) is 28.3 Å². The van der Waals surface area contributed by atoms with Gasteiger partial charge in [-0.2, -0.15) is 5.10 Å². The van der Waals surface area contributed by atoms with Gasteiger partial charge in [0, 0.05) is 31.7 Å². The van der Waals surface area contributed by atoms with Crippen LogP contribution in [0.2, 0.25) is 0 Å². The van der Waals surface area contributed by atoms with Crippen molar-refractivity contribution in [1.29, 1.82) is 0 Å². The average Bonchev–Trinajstić information content (AvgIpc) is 3.13. The van der Waals surface area contributed by atoms with Gasteiger partial charge in [-0.15, -0.1) is 0 Å². The van der Waals surface area contributed by atoms with Crippen LogP contribution in [-0.4, -0.2) is 71.2 Å². The van der Waals surface area contributed by atoms with Gasteiger partial charge in [0.2, 0.25) is 5.91 Å². The predicted octanol–water partition coefficient (Wildman–Crippen LogP) is 3.20. The summed E-state index contributed by atoms with van der Waals surface area (Å²) in [5, 5.41) is 7.63. The van der Waals surface area contributed by atoms with Crippen LogP contribution in [0.3, 0.4) is 0 Å². The second-order valence-corrected chi connectivity index (χ2v) is 8.59. The van der Waals surface area contributed by atoms with E-state index in [1.54, 1.807) is 13.2 Å². The van der Waals surface area contributed by atoms with Gasteiger partial charge in [0.25, 0.3) is 5.91 Å². The number of nitrogens with zero attached hydrogens (tertiary/aromatic N) is 4. The third-order valence-electron chi connectivity index (χ3n) is 6.24. The molecule has 34 heavy (non-hydrogen) atoms. The number of aromatic nitrogens is 2. The van der Waals surface area contributed by atoms with E-state index in [2.05, 4.69) is 15.3 Å². The zero-order chi connectivity index (χ0) is 24.2. The van der Waals surface area contributed by atoms with Crippen molar-refractivity contribution < 1.29 is 14.3 Å². The second kappa shape index (κ2) is 10.1. The van der Waals surface area contributed by atoms with Gasteiger partial charge in [0.05, 0.1) is 36.4 Å². The minimum absolute atomic E-state index is 0.0121. The standard InChI is InChI=1S/C26H31N5O3/c1-18-10-11-21(16-23(18)34-4)26(33)30-14-12-29(13-15-30)17-24(32)27-25-19(2)28-31(20(25)3)22-8-6-5-7-9-22/h5-11,16H,12-15,17H2,1-4H3,(H,27,32). The fourth-order valence-electron chi connectivity index (χ4n) is 4.27. The number of aryl methyl sites for hydroxylation is 2. The van der Waals surface area contributed by atoms with Gasteiger partial charge in [-0.25, -0.2) is 4.68 Å². The summed E-state index contributed by atoms with van der Waals surface area (Å²) in [6.45, 7) is 8.51. The molecule has 1 fully saturated rings. The summed E-state index contributed by atoms with van der Waals surface area (Å²) in [7, 11) is 1.61. The molecule has 3 aromatic rings. The number of rotatable bonds is 6. The number of hydrogen-bond acceptors (Lipinski definition) is 5. The van der Waals surface area contributed by atoms with E-state index in [-0.39, 0.29) is 18.4 Å². The Hall–Kier alpha value is -3.65. The Morgan fingerprint density at radius 2 is 1.71 bits per heavy atom. The van der Waals surface area contributed by atoms with Crippen molar-refractivity contribution in [1.82, 2.24) is 19.6 Å². The van der Waals surface area contributed by atoms with E-state index in [9.17, 15) is 9.59 Å². The molecule has 1 aliphatic heterocycles. The molecule has 1 N–H and O–H groups in total. The highest BCUT2D eigenvalue weighted by Gasteiger charge is 2.24. The van der Waals surface area contributed by atoms with Crippen LogP contribution in [0, 0.1) is 20.8 Å². The molecule has 2 amide bonds. The van der Waals surface area contributed by atoms with E-state index >= 15 is 0 Å². The molecule has 0 unspecified atom stereocenters. The number of anilines is 1. The van der Waals surface area contributed by atoms with Gasteiger partial charge in [-0.05, 0) is 50.6 Å². The molecule has 1 saturated heterocycles. The molecule has 1 aliphatic rings. The van der Waals surface area contributed by atoms with Crippen LogP contribution < -0.4 is 10.1 Å². The molecular weight excluding hydrogens is 430 g/mol. The molecule has 178 valence electrons. The monoisotopic (exact) mass is 461 g/mol. The average molecular weight is 462 g/mol. The summed E-state index contributed by atoms with van der Waals surface area (Å²) in [4.78, 5) is 29.6. The largest absolute Gasteiger partial charge is 0.496 e. The fraction of sp³-hybridized carbons (Fsp3) is 0.346.